The molecule has 1 aromatic heterocycles. The number of urea groups is 1. The Kier molecular flexibility index (Phi) is 4.85. The van der Waals surface area contributed by atoms with Crippen LogP contribution in [0.25, 0.3) is 0 Å². The maximum atomic E-state index is 11.7. The number of nitro groups is 1. The van der Waals surface area contributed by atoms with Crippen LogP contribution in [-0.4, -0.2) is 32.5 Å². The van der Waals surface area contributed by atoms with Crippen molar-refractivity contribution in [2.45, 2.75) is 44.7 Å². The van der Waals surface area contributed by atoms with Crippen LogP contribution < -0.4 is 10.6 Å². The molecule has 1 heterocycles. The number of carbonyl (C=O) groups is 2. The SMILES string of the molecule is O=C(Cn1cnc([N+](=O)[O-])c1)NC(=O)NC1CCCCC1. The predicted octanol–water partition coefficient (Wildman–Crippen LogP) is 0.950. The number of rotatable bonds is 4. The number of nitrogens with one attached hydrogen (secondary N) is 2. The van der Waals surface area contributed by atoms with Crippen LogP contribution in [0.2, 0.25) is 0 Å². The maximum absolute atomic E-state index is 11.7. The highest BCUT2D eigenvalue weighted by atomic mass is 16.6. The van der Waals surface area contributed by atoms with Gasteiger partial charge in [-0.15, -0.1) is 0 Å². The number of carbonyl (C=O) groups excluding carboxylic acids is 2. The van der Waals surface area contributed by atoms with Gasteiger partial charge in [0.25, 0.3) is 0 Å². The molecular weight excluding hydrogens is 278 g/mol. The lowest BCUT2D eigenvalue weighted by Crippen LogP contribution is -2.46. The molecular formula is C12H17N5O4. The minimum atomic E-state index is -0.649. The second kappa shape index (κ2) is 6.82. The molecule has 0 saturated heterocycles. The molecule has 1 fully saturated rings. The Morgan fingerprint density at radius 2 is 2.10 bits per heavy atom. The highest BCUT2D eigenvalue weighted by molar-refractivity contribution is 5.94. The molecule has 114 valence electrons. The first-order valence-corrected chi connectivity index (χ1v) is 6.81. The first kappa shape index (κ1) is 14.9. The van der Waals surface area contributed by atoms with E-state index >= 15 is 0 Å². The molecule has 21 heavy (non-hydrogen) atoms. The van der Waals surface area contributed by atoms with Gasteiger partial charge in [0, 0.05) is 6.04 Å². The van der Waals surface area contributed by atoms with Gasteiger partial charge in [-0.25, -0.2) is 4.79 Å². The van der Waals surface area contributed by atoms with Gasteiger partial charge in [0.15, 0.2) is 0 Å². The van der Waals surface area contributed by atoms with E-state index in [9.17, 15) is 19.7 Å². The Bertz CT molecular complexity index is 536. The number of amides is 3. The quantitative estimate of drug-likeness (QED) is 0.633. The van der Waals surface area contributed by atoms with Crippen LogP contribution in [-0.2, 0) is 11.3 Å². The molecule has 1 aromatic rings. The van der Waals surface area contributed by atoms with Crippen molar-refractivity contribution in [3.8, 4) is 0 Å². The van der Waals surface area contributed by atoms with Gasteiger partial charge in [-0.1, -0.05) is 19.3 Å². The Morgan fingerprint density at radius 1 is 1.38 bits per heavy atom. The van der Waals surface area contributed by atoms with E-state index in [0.29, 0.717) is 0 Å². The predicted molar refractivity (Wildman–Crippen MR) is 72.4 cm³/mol. The first-order valence-electron chi connectivity index (χ1n) is 6.81. The second-order valence-corrected chi connectivity index (χ2v) is 5.02. The summed E-state index contributed by atoms with van der Waals surface area (Å²) >= 11 is 0. The van der Waals surface area contributed by atoms with Crippen LogP contribution in [0.3, 0.4) is 0 Å². The van der Waals surface area contributed by atoms with E-state index in [1.54, 1.807) is 0 Å². The summed E-state index contributed by atoms with van der Waals surface area (Å²) in [4.78, 5) is 36.6. The van der Waals surface area contributed by atoms with Gasteiger partial charge < -0.3 is 20.0 Å². The van der Waals surface area contributed by atoms with Gasteiger partial charge >= 0.3 is 11.8 Å². The van der Waals surface area contributed by atoms with E-state index < -0.39 is 16.9 Å². The van der Waals surface area contributed by atoms with Crippen molar-refractivity contribution < 1.29 is 14.5 Å². The maximum Gasteiger partial charge on any atom is 0.381 e. The molecule has 2 rings (SSSR count). The van der Waals surface area contributed by atoms with Crippen molar-refractivity contribution >= 4 is 17.8 Å². The standard InChI is InChI=1S/C12H17N5O4/c18-11(7-16-6-10(13-8-16)17(20)21)15-12(19)14-9-4-2-1-3-5-9/h6,8-9H,1-5,7H2,(H2,14,15,18,19). The molecule has 9 nitrogen and oxygen atoms in total. The lowest BCUT2D eigenvalue weighted by Gasteiger charge is -2.22. The van der Waals surface area contributed by atoms with Gasteiger partial charge in [-0.2, -0.15) is 0 Å². The molecule has 0 atom stereocenters. The highest BCUT2D eigenvalue weighted by Crippen LogP contribution is 2.17. The third-order valence-corrected chi connectivity index (χ3v) is 3.33. The summed E-state index contributed by atoms with van der Waals surface area (Å²) in [5.74, 6) is -0.884. The fourth-order valence-electron chi connectivity index (χ4n) is 2.33. The molecule has 0 bridgehead atoms. The van der Waals surface area contributed by atoms with E-state index in [4.69, 9.17) is 0 Å². The van der Waals surface area contributed by atoms with Crippen molar-refractivity contribution in [1.82, 2.24) is 20.2 Å². The molecule has 1 aliphatic carbocycles. The zero-order chi connectivity index (χ0) is 15.2. The van der Waals surface area contributed by atoms with E-state index in [1.807, 2.05) is 0 Å². The van der Waals surface area contributed by atoms with E-state index in [1.165, 1.54) is 17.3 Å². The summed E-state index contributed by atoms with van der Waals surface area (Å²) in [5.41, 5.74) is 0. The fourth-order valence-corrected chi connectivity index (χ4v) is 2.33. The number of imide groups is 1. The monoisotopic (exact) mass is 295 g/mol. The molecule has 2 N–H and O–H groups in total. The summed E-state index contributed by atoms with van der Waals surface area (Å²) in [6, 6.07) is -0.414. The first-order chi connectivity index (χ1) is 10.0. The van der Waals surface area contributed by atoms with Gasteiger partial charge in [0.1, 0.15) is 12.7 Å². The Hall–Kier alpha value is -2.45. The third kappa shape index (κ3) is 4.55. The van der Waals surface area contributed by atoms with Crippen molar-refractivity contribution in [2.24, 2.45) is 0 Å². The summed E-state index contributed by atoms with van der Waals surface area (Å²) in [6.07, 6.45) is 7.51. The summed E-state index contributed by atoms with van der Waals surface area (Å²) in [7, 11) is 0. The fraction of sp³-hybridized carbons (Fsp3) is 0.583. The van der Waals surface area contributed by atoms with Crippen molar-refractivity contribution in [3.63, 3.8) is 0 Å². The number of aromatic nitrogens is 2. The van der Waals surface area contributed by atoms with Gasteiger partial charge in [0.05, 0.1) is 0 Å². The lowest BCUT2D eigenvalue weighted by molar-refractivity contribution is -0.389. The molecule has 1 saturated carbocycles. The summed E-state index contributed by atoms with van der Waals surface area (Å²) in [6.45, 7) is -0.196. The molecule has 0 spiro atoms. The van der Waals surface area contributed by atoms with E-state index in [2.05, 4.69) is 15.6 Å². The van der Waals surface area contributed by atoms with Gasteiger partial charge in [-0.05, 0) is 22.7 Å². The van der Waals surface area contributed by atoms with Crippen molar-refractivity contribution in [3.05, 3.63) is 22.6 Å². The molecule has 0 aliphatic heterocycles. The van der Waals surface area contributed by atoms with Crippen LogP contribution in [0, 0.1) is 10.1 Å². The molecule has 3 amide bonds. The van der Waals surface area contributed by atoms with E-state index in [-0.39, 0.29) is 18.4 Å². The number of imidazole rings is 1. The smallest absolute Gasteiger partial charge is 0.358 e. The van der Waals surface area contributed by atoms with Gasteiger partial charge in [-0.3, -0.25) is 10.1 Å². The molecule has 1 aliphatic rings. The molecule has 0 radical (unpaired) electrons. The average Bonchev–Trinajstić information content (AvgIpc) is 2.88. The average molecular weight is 295 g/mol. The minimum Gasteiger partial charge on any atom is -0.358 e. The minimum absolute atomic E-state index is 0.112. The van der Waals surface area contributed by atoms with Crippen LogP contribution in [0.15, 0.2) is 12.5 Å². The van der Waals surface area contributed by atoms with Crippen molar-refractivity contribution in [2.75, 3.05) is 0 Å². The van der Waals surface area contributed by atoms with Crippen LogP contribution in [0.5, 0.6) is 0 Å². The number of nitrogens with zero attached hydrogens (tertiary/aromatic N) is 3. The van der Waals surface area contributed by atoms with Gasteiger partial charge in [0.2, 0.25) is 12.2 Å². The zero-order valence-electron chi connectivity index (χ0n) is 11.4. The van der Waals surface area contributed by atoms with Crippen LogP contribution in [0.1, 0.15) is 32.1 Å². The number of hydrogen-bond acceptors (Lipinski definition) is 5. The zero-order valence-corrected chi connectivity index (χ0v) is 11.4. The molecule has 9 heteroatoms. The summed E-state index contributed by atoms with van der Waals surface area (Å²) < 4.78 is 1.25. The number of hydrogen-bond donors (Lipinski definition) is 2. The Labute approximate surface area is 120 Å². The van der Waals surface area contributed by atoms with Crippen molar-refractivity contribution in [1.29, 1.82) is 0 Å². The van der Waals surface area contributed by atoms with Crippen LogP contribution >= 0.6 is 0 Å². The summed E-state index contributed by atoms with van der Waals surface area (Å²) in [5, 5.41) is 15.4. The topological polar surface area (TPSA) is 119 Å². The second-order valence-electron chi connectivity index (χ2n) is 5.02. The molecule has 0 aromatic carbocycles. The lowest BCUT2D eigenvalue weighted by atomic mass is 9.96. The Morgan fingerprint density at radius 3 is 2.71 bits per heavy atom. The normalized spacial score (nSPS) is 15.4. The third-order valence-electron chi connectivity index (χ3n) is 3.33. The Balaban J connectivity index is 1.77. The van der Waals surface area contributed by atoms with E-state index in [0.717, 1.165) is 31.9 Å². The highest BCUT2D eigenvalue weighted by Gasteiger charge is 2.17. The largest absolute Gasteiger partial charge is 0.381 e. The van der Waals surface area contributed by atoms with Crippen LogP contribution in [0.4, 0.5) is 10.6 Å². The molecule has 0 unspecified atom stereocenters.